The van der Waals surface area contributed by atoms with Gasteiger partial charge in [0.2, 0.25) is 0 Å². The number of hydrogen-bond donors (Lipinski definition) is 0. The number of rotatable bonds is 7. The van der Waals surface area contributed by atoms with E-state index in [0.29, 0.717) is 11.8 Å². The molecule has 0 N–H and O–H groups in total. The number of imidazole rings is 1. The van der Waals surface area contributed by atoms with Gasteiger partial charge in [0.1, 0.15) is 11.3 Å². The van der Waals surface area contributed by atoms with Crippen LogP contribution in [0.25, 0.3) is 11.2 Å². The summed E-state index contributed by atoms with van der Waals surface area (Å²) in [5.74, 6) is 1.86. The number of hydrogen-bond acceptors (Lipinski definition) is 3. The molecule has 0 saturated carbocycles. The van der Waals surface area contributed by atoms with Crippen molar-refractivity contribution in [2.24, 2.45) is 5.92 Å². The monoisotopic (exact) mass is 281 g/mol. The first-order chi connectivity index (χ1) is 9.22. The van der Waals surface area contributed by atoms with E-state index in [9.17, 15) is 0 Å². The van der Waals surface area contributed by atoms with Crippen LogP contribution in [0.3, 0.4) is 0 Å². The van der Waals surface area contributed by atoms with Gasteiger partial charge in [-0.3, -0.25) is 0 Å². The summed E-state index contributed by atoms with van der Waals surface area (Å²) >= 11 is 5.94. The maximum Gasteiger partial charge on any atom is 0.160 e. The van der Waals surface area contributed by atoms with Gasteiger partial charge in [-0.05, 0) is 24.5 Å². The fourth-order valence-corrected chi connectivity index (χ4v) is 2.19. The second-order valence-electron chi connectivity index (χ2n) is 4.98. The lowest BCUT2D eigenvalue weighted by atomic mass is 10.2. The predicted octanol–water partition coefficient (Wildman–Crippen LogP) is 3.23. The number of aromatic nitrogens is 3. The molecule has 0 amide bonds. The zero-order chi connectivity index (χ0) is 13.7. The Bertz CT molecular complexity index is 524. The molecule has 4 nitrogen and oxygen atoms in total. The van der Waals surface area contributed by atoms with Crippen molar-refractivity contribution in [1.82, 2.24) is 14.5 Å². The molecular formula is C14H20ClN3O. The van der Waals surface area contributed by atoms with E-state index in [-0.39, 0.29) is 0 Å². The van der Waals surface area contributed by atoms with Gasteiger partial charge >= 0.3 is 0 Å². The van der Waals surface area contributed by atoms with Crippen LogP contribution in [0.1, 0.15) is 26.1 Å². The molecule has 0 aliphatic rings. The first-order valence-corrected chi connectivity index (χ1v) is 7.19. The van der Waals surface area contributed by atoms with Crippen molar-refractivity contribution in [2.75, 3.05) is 13.2 Å². The summed E-state index contributed by atoms with van der Waals surface area (Å²) in [7, 11) is 0. The third kappa shape index (κ3) is 3.67. The molecule has 5 heteroatoms. The highest BCUT2D eigenvalue weighted by Crippen LogP contribution is 2.15. The minimum absolute atomic E-state index is 0.406. The number of fused-ring (bicyclic) bond motifs is 1. The van der Waals surface area contributed by atoms with Crippen LogP contribution < -0.4 is 0 Å². The molecule has 2 heterocycles. The Morgan fingerprint density at radius 1 is 1.42 bits per heavy atom. The fourth-order valence-electron chi connectivity index (χ4n) is 1.99. The van der Waals surface area contributed by atoms with E-state index < -0.39 is 0 Å². The Labute approximate surface area is 118 Å². The summed E-state index contributed by atoms with van der Waals surface area (Å²) in [6.07, 6.45) is 2.73. The predicted molar refractivity (Wildman–Crippen MR) is 77.4 cm³/mol. The highest BCUT2D eigenvalue weighted by Gasteiger charge is 2.10. The smallest absolute Gasteiger partial charge is 0.160 e. The first kappa shape index (κ1) is 14.3. The van der Waals surface area contributed by atoms with Crippen molar-refractivity contribution in [3.63, 3.8) is 0 Å². The van der Waals surface area contributed by atoms with Gasteiger partial charge in [0.25, 0.3) is 0 Å². The molecule has 0 fully saturated rings. The van der Waals surface area contributed by atoms with E-state index in [2.05, 4.69) is 28.4 Å². The fraction of sp³-hybridized carbons (Fsp3) is 0.571. The standard InChI is InChI=1S/C14H20ClN3O/c1-11(2)10-19-8-4-7-18-13(9-15)17-12-5-3-6-16-14(12)18/h3,5-6,11H,4,7-10H2,1-2H3. The summed E-state index contributed by atoms with van der Waals surface area (Å²) in [5.41, 5.74) is 1.81. The average molecular weight is 282 g/mol. The van der Waals surface area contributed by atoms with Crippen LogP contribution in [0.2, 0.25) is 0 Å². The van der Waals surface area contributed by atoms with Crippen molar-refractivity contribution < 1.29 is 4.74 Å². The average Bonchev–Trinajstić information content (AvgIpc) is 2.76. The van der Waals surface area contributed by atoms with Gasteiger partial charge in [-0.25, -0.2) is 9.97 Å². The minimum Gasteiger partial charge on any atom is -0.381 e. The normalized spacial score (nSPS) is 11.6. The van der Waals surface area contributed by atoms with E-state index in [0.717, 1.165) is 43.2 Å². The Hall–Kier alpha value is -1.13. The lowest BCUT2D eigenvalue weighted by Gasteiger charge is -2.09. The second kappa shape index (κ2) is 6.87. The van der Waals surface area contributed by atoms with Crippen LogP contribution in [-0.4, -0.2) is 27.7 Å². The quantitative estimate of drug-likeness (QED) is 0.578. The van der Waals surface area contributed by atoms with Crippen LogP contribution in [0.5, 0.6) is 0 Å². The molecule has 0 spiro atoms. The highest BCUT2D eigenvalue weighted by molar-refractivity contribution is 6.16. The highest BCUT2D eigenvalue weighted by atomic mass is 35.5. The lowest BCUT2D eigenvalue weighted by Crippen LogP contribution is -2.08. The van der Waals surface area contributed by atoms with Gasteiger partial charge in [-0.2, -0.15) is 0 Å². The molecule has 104 valence electrons. The van der Waals surface area contributed by atoms with E-state index >= 15 is 0 Å². The van der Waals surface area contributed by atoms with Gasteiger partial charge in [-0.1, -0.05) is 13.8 Å². The van der Waals surface area contributed by atoms with Crippen LogP contribution in [0, 0.1) is 5.92 Å². The number of aryl methyl sites for hydroxylation is 1. The molecule has 0 radical (unpaired) electrons. The van der Waals surface area contributed by atoms with Crippen molar-refractivity contribution in [3.8, 4) is 0 Å². The molecule has 0 unspecified atom stereocenters. The van der Waals surface area contributed by atoms with Gasteiger partial charge in [0, 0.05) is 26.0 Å². The number of ether oxygens (including phenoxy) is 1. The summed E-state index contributed by atoms with van der Waals surface area (Å²) in [4.78, 5) is 8.86. The van der Waals surface area contributed by atoms with E-state index in [1.165, 1.54) is 0 Å². The maximum atomic E-state index is 5.94. The second-order valence-corrected chi connectivity index (χ2v) is 5.25. The zero-order valence-electron chi connectivity index (χ0n) is 11.5. The minimum atomic E-state index is 0.406. The molecule has 2 rings (SSSR count). The van der Waals surface area contributed by atoms with E-state index in [4.69, 9.17) is 16.3 Å². The topological polar surface area (TPSA) is 39.9 Å². The number of nitrogens with zero attached hydrogens (tertiary/aromatic N) is 3. The largest absolute Gasteiger partial charge is 0.381 e. The van der Waals surface area contributed by atoms with Crippen molar-refractivity contribution in [3.05, 3.63) is 24.2 Å². The lowest BCUT2D eigenvalue weighted by molar-refractivity contribution is 0.105. The Kier molecular flexibility index (Phi) is 5.16. The van der Waals surface area contributed by atoms with E-state index in [1.54, 1.807) is 6.20 Å². The van der Waals surface area contributed by atoms with Gasteiger partial charge in [0.05, 0.1) is 5.88 Å². The molecule has 2 aromatic heterocycles. The summed E-state index contributed by atoms with van der Waals surface area (Å²) in [6.45, 7) is 6.71. The van der Waals surface area contributed by atoms with Crippen LogP contribution in [-0.2, 0) is 17.2 Å². The van der Waals surface area contributed by atoms with E-state index in [1.807, 2.05) is 12.1 Å². The zero-order valence-corrected chi connectivity index (χ0v) is 12.2. The molecule has 0 atom stereocenters. The van der Waals surface area contributed by atoms with Crippen LogP contribution >= 0.6 is 11.6 Å². The molecule has 0 aliphatic carbocycles. The number of halogens is 1. The summed E-state index contributed by atoms with van der Waals surface area (Å²) in [6, 6.07) is 3.85. The number of alkyl halides is 1. The van der Waals surface area contributed by atoms with Gasteiger partial charge in [0.15, 0.2) is 5.65 Å². The summed E-state index contributed by atoms with van der Waals surface area (Å²) < 4.78 is 7.68. The third-order valence-corrected chi connectivity index (χ3v) is 3.06. The van der Waals surface area contributed by atoms with Crippen molar-refractivity contribution >= 4 is 22.8 Å². The molecule has 19 heavy (non-hydrogen) atoms. The first-order valence-electron chi connectivity index (χ1n) is 6.66. The van der Waals surface area contributed by atoms with Crippen molar-refractivity contribution in [1.29, 1.82) is 0 Å². The molecule has 0 aliphatic heterocycles. The Morgan fingerprint density at radius 3 is 3.00 bits per heavy atom. The molecule has 0 saturated heterocycles. The van der Waals surface area contributed by atoms with Gasteiger partial charge in [-0.15, -0.1) is 11.6 Å². The van der Waals surface area contributed by atoms with Gasteiger partial charge < -0.3 is 9.30 Å². The molecule has 0 aromatic carbocycles. The Balaban J connectivity index is 1.99. The van der Waals surface area contributed by atoms with Crippen LogP contribution in [0.4, 0.5) is 0 Å². The molecule has 2 aromatic rings. The Morgan fingerprint density at radius 2 is 2.26 bits per heavy atom. The third-order valence-electron chi connectivity index (χ3n) is 2.82. The maximum absolute atomic E-state index is 5.94. The molecular weight excluding hydrogens is 262 g/mol. The van der Waals surface area contributed by atoms with Crippen molar-refractivity contribution in [2.45, 2.75) is 32.7 Å². The molecule has 0 bridgehead atoms. The van der Waals surface area contributed by atoms with Crippen LogP contribution in [0.15, 0.2) is 18.3 Å². The number of pyridine rings is 1. The summed E-state index contributed by atoms with van der Waals surface area (Å²) in [5, 5.41) is 0. The SMILES string of the molecule is CC(C)COCCCn1c(CCl)nc2cccnc21.